The number of hydrogen-bond donors (Lipinski definition) is 4. The molecule has 8 heteroatoms. The van der Waals surface area contributed by atoms with Crippen LogP contribution in [0.2, 0.25) is 0 Å². The van der Waals surface area contributed by atoms with Crippen molar-refractivity contribution in [2.45, 2.75) is 39.7 Å². The van der Waals surface area contributed by atoms with Crippen LogP contribution < -0.4 is 21.3 Å². The molecular weight excluding hydrogens is 346 g/mol. The van der Waals surface area contributed by atoms with Gasteiger partial charge in [0.1, 0.15) is 0 Å². The Morgan fingerprint density at radius 1 is 1.04 bits per heavy atom. The van der Waals surface area contributed by atoms with Gasteiger partial charge in [0.25, 0.3) is 0 Å². The van der Waals surface area contributed by atoms with Gasteiger partial charge in [-0.2, -0.15) is 0 Å². The molecule has 5 amide bonds. The first-order valence-electron chi connectivity index (χ1n) is 9.40. The predicted molar refractivity (Wildman–Crippen MR) is 106 cm³/mol. The molecule has 1 aliphatic heterocycles. The molecule has 1 aliphatic rings. The maximum absolute atomic E-state index is 12.4. The average Bonchev–Trinajstić information content (AvgIpc) is 2.63. The van der Waals surface area contributed by atoms with Gasteiger partial charge in [-0.15, -0.1) is 0 Å². The SMILES string of the molecule is CCNC(=O)C1CCN(C(=O)Nc2ccc(NC(=O)NC(C)C)cc2)CC1. The number of carbonyl (C=O) groups is 3. The molecule has 0 aromatic heterocycles. The Balaban J connectivity index is 1.81. The van der Waals surface area contributed by atoms with E-state index >= 15 is 0 Å². The Hall–Kier alpha value is -2.77. The van der Waals surface area contributed by atoms with Crippen LogP contribution in [0.15, 0.2) is 24.3 Å². The Kier molecular flexibility index (Phi) is 7.45. The van der Waals surface area contributed by atoms with E-state index in [1.165, 1.54) is 0 Å². The van der Waals surface area contributed by atoms with Crippen molar-refractivity contribution in [2.75, 3.05) is 30.3 Å². The zero-order valence-electron chi connectivity index (χ0n) is 16.2. The Bertz CT molecular complexity index is 652. The number of benzene rings is 1. The van der Waals surface area contributed by atoms with E-state index in [0.29, 0.717) is 43.9 Å². The first-order chi connectivity index (χ1) is 12.9. The lowest BCUT2D eigenvalue weighted by molar-refractivity contribution is -0.126. The monoisotopic (exact) mass is 375 g/mol. The molecule has 1 fully saturated rings. The van der Waals surface area contributed by atoms with Gasteiger partial charge in [0.2, 0.25) is 5.91 Å². The third-order valence-corrected chi connectivity index (χ3v) is 4.32. The van der Waals surface area contributed by atoms with E-state index in [2.05, 4.69) is 21.3 Å². The minimum atomic E-state index is -0.267. The van der Waals surface area contributed by atoms with E-state index in [4.69, 9.17) is 0 Å². The normalized spacial score (nSPS) is 14.6. The van der Waals surface area contributed by atoms with Gasteiger partial charge >= 0.3 is 12.1 Å². The molecule has 8 nitrogen and oxygen atoms in total. The predicted octanol–water partition coefficient (Wildman–Crippen LogP) is 2.60. The van der Waals surface area contributed by atoms with Crippen molar-refractivity contribution in [3.63, 3.8) is 0 Å². The number of urea groups is 2. The summed E-state index contributed by atoms with van der Waals surface area (Å²) in [4.78, 5) is 37.7. The summed E-state index contributed by atoms with van der Waals surface area (Å²) >= 11 is 0. The minimum Gasteiger partial charge on any atom is -0.356 e. The number of amides is 5. The molecule has 4 N–H and O–H groups in total. The van der Waals surface area contributed by atoms with Crippen LogP contribution >= 0.6 is 0 Å². The van der Waals surface area contributed by atoms with Gasteiger partial charge < -0.3 is 26.2 Å². The first kappa shape index (κ1) is 20.5. The van der Waals surface area contributed by atoms with Crippen LogP contribution in [-0.4, -0.2) is 48.5 Å². The van der Waals surface area contributed by atoms with Gasteiger partial charge in [-0.05, 0) is 57.9 Å². The summed E-state index contributed by atoms with van der Waals surface area (Å²) in [6.45, 7) is 7.42. The quantitative estimate of drug-likeness (QED) is 0.636. The lowest BCUT2D eigenvalue weighted by Crippen LogP contribution is -2.44. The number of nitrogens with one attached hydrogen (secondary N) is 4. The van der Waals surface area contributed by atoms with Crippen molar-refractivity contribution >= 4 is 29.3 Å². The smallest absolute Gasteiger partial charge is 0.321 e. The highest BCUT2D eigenvalue weighted by molar-refractivity contribution is 5.91. The lowest BCUT2D eigenvalue weighted by Gasteiger charge is -2.31. The molecule has 0 bridgehead atoms. The second-order valence-electron chi connectivity index (χ2n) is 6.92. The highest BCUT2D eigenvalue weighted by Crippen LogP contribution is 2.19. The van der Waals surface area contributed by atoms with Crippen LogP contribution in [0.3, 0.4) is 0 Å². The summed E-state index contributed by atoms with van der Waals surface area (Å²) in [5.74, 6) is 0.0542. The lowest BCUT2D eigenvalue weighted by atomic mass is 9.96. The minimum absolute atomic E-state index is 0.0173. The molecule has 148 valence electrons. The molecule has 0 spiro atoms. The first-order valence-corrected chi connectivity index (χ1v) is 9.40. The molecule has 1 heterocycles. The summed E-state index contributed by atoms with van der Waals surface area (Å²) in [7, 11) is 0. The number of carbonyl (C=O) groups excluding carboxylic acids is 3. The zero-order valence-corrected chi connectivity index (χ0v) is 16.2. The molecule has 0 atom stereocenters. The highest BCUT2D eigenvalue weighted by atomic mass is 16.2. The van der Waals surface area contributed by atoms with Gasteiger partial charge in [-0.1, -0.05) is 0 Å². The fourth-order valence-electron chi connectivity index (χ4n) is 2.93. The van der Waals surface area contributed by atoms with E-state index in [1.54, 1.807) is 29.2 Å². The second-order valence-corrected chi connectivity index (χ2v) is 6.92. The molecule has 0 saturated carbocycles. The summed E-state index contributed by atoms with van der Waals surface area (Å²) in [5, 5.41) is 11.2. The molecule has 2 rings (SSSR count). The van der Waals surface area contributed by atoms with Crippen molar-refractivity contribution in [1.29, 1.82) is 0 Å². The topological polar surface area (TPSA) is 103 Å². The van der Waals surface area contributed by atoms with Crippen LogP contribution in [0.5, 0.6) is 0 Å². The van der Waals surface area contributed by atoms with E-state index in [-0.39, 0.29) is 29.9 Å². The maximum Gasteiger partial charge on any atom is 0.321 e. The summed E-state index contributed by atoms with van der Waals surface area (Å²) in [5.41, 5.74) is 1.30. The largest absolute Gasteiger partial charge is 0.356 e. The molecule has 1 aromatic carbocycles. The summed E-state index contributed by atoms with van der Waals surface area (Å²) < 4.78 is 0. The number of rotatable bonds is 5. The van der Waals surface area contributed by atoms with E-state index in [9.17, 15) is 14.4 Å². The van der Waals surface area contributed by atoms with Crippen LogP contribution in [0.1, 0.15) is 33.6 Å². The van der Waals surface area contributed by atoms with Crippen molar-refractivity contribution in [1.82, 2.24) is 15.5 Å². The van der Waals surface area contributed by atoms with E-state index in [0.717, 1.165) is 0 Å². The maximum atomic E-state index is 12.4. The standard InChI is InChI=1S/C19H29N5O3/c1-4-20-17(25)14-9-11-24(12-10-14)19(27)23-16-7-5-15(6-8-16)22-18(26)21-13(2)3/h5-8,13-14H,4,9-12H2,1-3H3,(H,20,25)(H,23,27)(H2,21,22,26). The van der Waals surface area contributed by atoms with Crippen molar-refractivity contribution in [2.24, 2.45) is 5.92 Å². The third kappa shape index (κ3) is 6.47. The van der Waals surface area contributed by atoms with Crippen molar-refractivity contribution in [3.8, 4) is 0 Å². The van der Waals surface area contributed by atoms with Gasteiger partial charge in [-0.3, -0.25) is 4.79 Å². The molecule has 0 radical (unpaired) electrons. The Morgan fingerprint density at radius 2 is 1.59 bits per heavy atom. The average molecular weight is 375 g/mol. The fourth-order valence-corrected chi connectivity index (χ4v) is 2.93. The fraction of sp³-hybridized carbons (Fsp3) is 0.526. The summed E-state index contributed by atoms with van der Waals surface area (Å²) in [6, 6.07) is 6.56. The highest BCUT2D eigenvalue weighted by Gasteiger charge is 2.26. The molecule has 1 saturated heterocycles. The van der Waals surface area contributed by atoms with Crippen LogP contribution in [-0.2, 0) is 4.79 Å². The van der Waals surface area contributed by atoms with Gasteiger partial charge in [0.05, 0.1) is 0 Å². The number of nitrogens with zero attached hydrogens (tertiary/aromatic N) is 1. The number of anilines is 2. The van der Waals surface area contributed by atoms with Crippen LogP contribution in [0.25, 0.3) is 0 Å². The second kappa shape index (κ2) is 9.80. The van der Waals surface area contributed by atoms with Gasteiger partial charge in [-0.25, -0.2) is 9.59 Å². The van der Waals surface area contributed by atoms with Gasteiger partial charge in [0, 0.05) is 43.0 Å². The van der Waals surface area contributed by atoms with Crippen LogP contribution in [0.4, 0.5) is 21.0 Å². The van der Waals surface area contributed by atoms with Crippen molar-refractivity contribution < 1.29 is 14.4 Å². The van der Waals surface area contributed by atoms with E-state index in [1.807, 2.05) is 20.8 Å². The van der Waals surface area contributed by atoms with Gasteiger partial charge in [0.15, 0.2) is 0 Å². The Labute approximate surface area is 160 Å². The van der Waals surface area contributed by atoms with Crippen LogP contribution in [0, 0.1) is 5.92 Å². The summed E-state index contributed by atoms with van der Waals surface area (Å²) in [6.07, 6.45) is 1.35. The third-order valence-electron chi connectivity index (χ3n) is 4.32. The molecule has 27 heavy (non-hydrogen) atoms. The van der Waals surface area contributed by atoms with Crippen molar-refractivity contribution in [3.05, 3.63) is 24.3 Å². The molecule has 1 aromatic rings. The number of hydrogen-bond acceptors (Lipinski definition) is 3. The van der Waals surface area contributed by atoms with E-state index < -0.39 is 0 Å². The number of likely N-dealkylation sites (tertiary alicyclic amines) is 1. The number of piperidine rings is 1. The molecule has 0 aliphatic carbocycles. The zero-order chi connectivity index (χ0) is 19.8. The molecule has 0 unspecified atom stereocenters. The Morgan fingerprint density at radius 3 is 2.11 bits per heavy atom. The molecular formula is C19H29N5O3.